The van der Waals surface area contributed by atoms with Crippen molar-refractivity contribution in [1.82, 2.24) is 15.6 Å². The van der Waals surface area contributed by atoms with E-state index in [0.717, 1.165) is 24.2 Å². The Labute approximate surface area is 116 Å². The van der Waals surface area contributed by atoms with Gasteiger partial charge in [-0.1, -0.05) is 13.3 Å². The number of aryl methyl sites for hydroxylation is 1. The van der Waals surface area contributed by atoms with Crippen LogP contribution in [0, 0.1) is 6.92 Å². The van der Waals surface area contributed by atoms with Crippen LogP contribution < -0.4 is 10.6 Å². The summed E-state index contributed by atoms with van der Waals surface area (Å²) in [4.78, 5) is 26.8. The van der Waals surface area contributed by atoms with Gasteiger partial charge < -0.3 is 15.7 Å². The van der Waals surface area contributed by atoms with Gasteiger partial charge in [-0.2, -0.15) is 0 Å². The molecule has 0 saturated carbocycles. The highest BCUT2D eigenvalue weighted by Crippen LogP contribution is 2.17. The van der Waals surface area contributed by atoms with E-state index in [1.807, 2.05) is 6.92 Å². The Balaban J connectivity index is 2.46. The van der Waals surface area contributed by atoms with E-state index in [0.29, 0.717) is 10.7 Å². The number of aromatic nitrogens is 1. The number of carbonyl (C=O) groups excluding carboxylic acids is 1. The highest BCUT2D eigenvalue weighted by atomic mass is 32.1. The third-order valence-electron chi connectivity index (χ3n) is 2.53. The van der Waals surface area contributed by atoms with E-state index in [1.165, 1.54) is 0 Å². The maximum atomic E-state index is 11.6. The minimum atomic E-state index is -0.984. The molecule has 19 heavy (non-hydrogen) atoms. The molecule has 7 heteroatoms. The van der Waals surface area contributed by atoms with Crippen LogP contribution in [0.25, 0.3) is 0 Å². The lowest BCUT2D eigenvalue weighted by Gasteiger charge is -2.12. The van der Waals surface area contributed by atoms with E-state index in [1.54, 1.807) is 6.92 Å². The second-order valence-electron chi connectivity index (χ2n) is 4.34. The van der Waals surface area contributed by atoms with Gasteiger partial charge in [0.2, 0.25) is 0 Å². The molecule has 0 aliphatic carbocycles. The molecule has 0 aromatic carbocycles. The summed E-state index contributed by atoms with van der Waals surface area (Å²) in [5.41, 5.74) is 0.481. The highest BCUT2D eigenvalue weighted by Gasteiger charge is 2.14. The molecule has 1 rings (SSSR count). The van der Waals surface area contributed by atoms with Crippen molar-refractivity contribution >= 4 is 23.3 Å². The Morgan fingerprint density at radius 1 is 1.47 bits per heavy atom. The van der Waals surface area contributed by atoms with Crippen molar-refractivity contribution in [3.05, 3.63) is 15.6 Å². The first-order chi connectivity index (χ1) is 8.93. The summed E-state index contributed by atoms with van der Waals surface area (Å²) >= 11 is 1.09. The zero-order valence-corrected chi connectivity index (χ0v) is 12.1. The Hall–Kier alpha value is -1.63. The minimum absolute atomic E-state index is 0.123. The summed E-state index contributed by atoms with van der Waals surface area (Å²) in [7, 11) is 0. The van der Waals surface area contributed by atoms with Crippen molar-refractivity contribution in [3.8, 4) is 0 Å². The molecule has 1 atom stereocenters. The van der Waals surface area contributed by atoms with Crippen molar-refractivity contribution in [2.24, 2.45) is 0 Å². The number of rotatable bonds is 6. The molecule has 0 radical (unpaired) electrons. The predicted molar refractivity (Wildman–Crippen MR) is 73.6 cm³/mol. The van der Waals surface area contributed by atoms with Crippen LogP contribution in [0.15, 0.2) is 0 Å². The van der Waals surface area contributed by atoms with Gasteiger partial charge in [-0.3, -0.25) is 0 Å². The number of nitrogens with one attached hydrogen (secondary N) is 2. The first-order valence-electron chi connectivity index (χ1n) is 6.18. The van der Waals surface area contributed by atoms with Crippen LogP contribution in [-0.2, 0) is 6.54 Å². The van der Waals surface area contributed by atoms with E-state index in [4.69, 9.17) is 5.11 Å². The zero-order chi connectivity index (χ0) is 14.4. The van der Waals surface area contributed by atoms with Gasteiger partial charge in [-0.15, -0.1) is 11.3 Å². The molecule has 6 nitrogen and oxygen atoms in total. The summed E-state index contributed by atoms with van der Waals surface area (Å²) in [5, 5.41) is 15.0. The standard InChI is InChI=1S/C12H19N3O3S/c1-4-5-7(2)14-12(18)13-6-9-15-8(3)10(19-9)11(16)17/h7H,4-6H2,1-3H3,(H,16,17)(H2,13,14,18). The molecule has 1 aromatic rings. The van der Waals surface area contributed by atoms with Gasteiger partial charge in [-0.25, -0.2) is 14.6 Å². The number of carbonyl (C=O) groups is 2. The van der Waals surface area contributed by atoms with E-state index in [9.17, 15) is 9.59 Å². The number of nitrogens with zero attached hydrogens (tertiary/aromatic N) is 1. The SMILES string of the molecule is CCCC(C)NC(=O)NCc1nc(C)c(C(=O)O)s1. The lowest BCUT2D eigenvalue weighted by molar-refractivity contribution is 0.0701. The Bertz CT molecular complexity index is 459. The van der Waals surface area contributed by atoms with E-state index in [-0.39, 0.29) is 23.5 Å². The molecular formula is C12H19N3O3S. The summed E-state index contributed by atoms with van der Waals surface area (Å²) < 4.78 is 0. The number of hydrogen-bond donors (Lipinski definition) is 3. The fraction of sp³-hybridized carbons (Fsp3) is 0.583. The fourth-order valence-electron chi connectivity index (χ4n) is 1.66. The molecule has 1 aromatic heterocycles. The predicted octanol–water partition coefficient (Wildman–Crippen LogP) is 2.14. The van der Waals surface area contributed by atoms with E-state index in [2.05, 4.69) is 22.5 Å². The van der Waals surface area contributed by atoms with Crippen molar-refractivity contribution in [1.29, 1.82) is 0 Å². The summed E-state index contributed by atoms with van der Waals surface area (Å²) in [6, 6.07) is -0.136. The van der Waals surface area contributed by atoms with Gasteiger partial charge in [0.1, 0.15) is 9.88 Å². The smallest absolute Gasteiger partial charge is 0.347 e. The third kappa shape index (κ3) is 4.86. The van der Waals surface area contributed by atoms with Crippen LogP contribution in [0.4, 0.5) is 4.79 Å². The van der Waals surface area contributed by atoms with Gasteiger partial charge in [0.25, 0.3) is 0 Å². The third-order valence-corrected chi connectivity index (χ3v) is 3.68. The summed E-state index contributed by atoms with van der Waals surface area (Å²) in [5.74, 6) is -0.984. The fourth-order valence-corrected chi connectivity index (χ4v) is 2.51. The minimum Gasteiger partial charge on any atom is -0.477 e. The first-order valence-corrected chi connectivity index (χ1v) is 6.99. The molecule has 1 unspecified atom stereocenters. The molecule has 0 aliphatic rings. The van der Waals surface area contributed by atoms with Gasteiger partial charge in [0, 0.05) is 6.04 Å². The molecule has 3 N–H and O–H groups in total. The van der Waals surface area contributed by atoms with E-state index < -0.39 is 5.97 Å². The maximum absolute atomic E-state index is 11.6. The summed E-state index contributed by atoms with van der Waals surface area (Å²) in [6.07, 6.45) is 1.93. The summed E-state index contributed by atoms with van der Waals surface area (Å²) in [6.45, 7) is 5.89. The van der Waals surface area contributed by atoms with Crippen LogP contribution >= 0.6 is 11.3 Å². The lowest BCUT2D eigenvalue weighted by Crippen LogP contribution is -2.40. The highest BCUT2D eigenvalue weighted by molar-refractivity contribution is 7.13. The zero-order valence-electron chi connectivity index (χ0n) is 11.3. The molecular weight excluding hydrogens is 266 g/mol. The van der Waals surface area contributed by atoms with Crippen molar-refractivity contribution in [3.63, 3.8) is 0 Å². The van der Waals surface area contributed by atoms with E-state index >= 15 is 0 Å². The monoisotopic (exact) mass is 285 g/mol. The molecule has 2 amide bonds. The van der Waals surface area contributed by atoms with Gasteiger partial charge in [0.05, 0.1) is 12.2 Å². The molecule has 0 aliphatic heterocycles. The van der Waals surface area contributed by atoms with Crippen LogP contribution in [-0.4, -0.2) is 28.1 Å². The largest absolute Gasteiger partial charge is 0.477 e. The van der Waals surface area contributed by atoms with Crippen molar-refractivity contribution in [2.75, 3.05) is 0 Å². The van der Waals surface area contributed by atoms with Crippen LogP contribution in [0.5, 0.6) is 0 Å². The number of hydrogen-bond acceptors (Lipinski definition) is 4. The average molecular weight is 285 g/mol. The number of urea groups is 1. The Morgan fingerprint density at radius 2 is 2.16 bits per heavy atom. The molecule has 0 spiro atoms. The second-order valence-corrected chi connectivity index (χ2v) is 5.43. The number of thiazole rings is 1. The van der Waals surface area contributed by atoms with Gasteiger partial charge >= 0.3 is 12.0 Å². The molecule has 0 saturated heterocycles. The lowest BCUT2D eigenvalue weighted by atomic mass is 10.2. The second kappa shape index (κ2) is 7.08. The molecule has 0 fully saturated rings. The quantitative estimate of drug-likeness (QED) is 0.746. The van der Waals surface area contributed by atoms with Crippen molar-refractivity contribution in [2.45, 2.75) is 46.2 Å². The normalized spacial score (nSPS) is 11.9. The average Bonchev–Trinajstić information content (AvgIpc) is 2.68. The van der Waals surface area contributed by atoms with Gasteiger partial charge in [-0.05, 0) is 20.3 Å². The van der Waals surface area contributed by atoms with Gasteiger partial charge in [0.15, 0.2) is 0 Å². The Kier molecular flexibility index (Phi) is 5.75. The van der Waals surface area contributed by atoms with Crippen LogP contribution in [0.3, 0.4) is 0 Å². The molecule has 0 bridgehead atoms. The number of carboxylic acids is 1. The van der Waals surface area contributed by atoms with Crippen LogP contribution in [0.2, 0.25) is 0 Å². The number of carboxylic acid groups (broad SMARTS) is 1. The maximum Gasteiger partial charge on any atom is 0.347 e. The number of amides is 2. The topological polar surface area (TPSA) is 91.3 Å². The Morgan fingerprint density at radius 3 is 2.68 bits per heavy atom. The van der Waals surface area contributed by atoms with Crippen LogP contribution in [0.1, 0.15) is 47.1 Å². The number of aromatic carboxylic acids is 1. The molecule has 106 valence electrons. The van der Waals surface area contributed by atoms with Crippen molar-refractivity contribution < 1.29 is 14.7 Å². The first kappa shape index (κ1) is 15.4. The molecule has 1 heterocycles.